The molecule has 3 aromatic rings. The molecule has 7 heteroatoms. The minimum atomic E-state index is -0.263. The number of amides is 2. The van der Waals surface area contributed by atoms with Gasteiger partial charge in [-0.25, -0.2) is 4.79 Å². The fourth-order valence-electron chi connectivity index (χ4n) is 3.31. The van der Waals surface area contributed by atoms with Gasteiger partial charge in [0, 0.05) is 28.0 Å². The molecule has 164 valence electrons. The average Bonchev–Trinajstić information content (AvgIpc) is 2.76. The van der Waals surface area contributed by atoms with Gasteiger partial charge in [-0.1, -0.05) is 47.5 Å². The molecule has 3 rings (SSSR count). The van der Waals surface area contributed by atoms with Crippen LogP contribution >= 0.6 is 23.2 Å². The summed E-state index contributed by atoms with van der Waals surface area (Å²) in [5.41, 5.74) is 3.84. The molecule has 0 aromatic heterocycles. The Labute approximate surface area is 198 Å². The number of hydrogen-bond donors (Lipinski definition) is 1. The molecule has 0 saturated heterocycles. The lowest BCUT2D eigenvalue weighted by Crippen LogP contribution is -2.36. The number of carbonyl (C=O) groups excluding carboxylic acids is 1. The fraction of sp³-hybridized carbons (Fsp3) is 0.200. The summed E-state index contributed by atoms with van der Waals surface area (Å²) < 4.78 is 0. The van der Waals surface area contributed by atoms with Gasteiger partial charge in [-0.05, 0) is 80.7 Å². The van der Waals surface area contributed by atoms with Crippen molar-refractivity contribution in [3.63, 3.8) is 0 Å². The van der Waals surface area contributed by atoms with E-state index in [2.05, 4.69) is 16.3 Å². The molecular formula is C25H24Cl2N4O. The largest absolute Gasteiger partial charge is 0.326 e. The van der Waals surface area contributed by atoms with Gasteiger partial charge in [0.2, 0.25) is 0 Å². The van der Waals surface area contributed by atoms with E-state index in [1.807, 2.05) is 56.6 Å². The monoisotopic (exact) mass is 466 g/mol. The van der Waals surface area contributed by atoms with E-state index >= 15 is 0 Å². The van der Waals surface area contributed by atoms with Crippen LogP contribution in [-0.4, -0.2) is 38.1 Å². The van der Waals surface area contributed by atoms with Crippen molar-refractivity contribution in [3.05, 3.63) is 82.3 Å². The molecule has 0 unspecified atom stereocenters. The van der Waals surface area contributed by atoms with Gasteiger partial charge in [-0.3, -0.25) is 4.90 Å². The molecule has 0 atom stereocenters. The number of hydrogen-bond acceptors (Lipinski definition) is 3. The summed E-state index contributed by atoms with van der Waals surface area (Å²) in [5.74, 6) is 0. The van der Waals surface area contributed by atoms with Crippen molar-refractivity contribution in [2.75, 3.05) is 37.4 Å². The van der Waals surface area contributed by atoms with Crippen LogP contribution in [0.3, 0.4) is 0 Å². The summed E-state index contributed by atoms with van der Waals surface area (Å²) in [7, 11) is 4.01. The van der Waals surface area contributed by atoms with Crippen LogP contribution in [0.4, 0.5) is 16.2 Å². The van der Waals surface area contributed by atoms with Gasteiger partial charge >= 0.3 is 6.03 Å². The molecule has 32 heavy (non-hydrogen) atoms. The van der Waals surface area contributed by atoms with Gasteiger partial charge in [0.1, 0.15) is 0 Å². The molecular weight excluding hydrogens is 443 g/mol. The smallest absolute Gasteiger partial charge is 0.309 e. The van der Waals surface area contributed by atoms with E-state index in [0.29, 0.717) is 27.8 Å². The number of nitriles is 1. The maximum absolute atomic E-state index is 13.1. The minimum absolute atomic E-state index is 0.263. The Morgan fingerprint density at radius 3 is 2.25 bits per heavy atom. The first kappa shape index (κ1) is 23.6. The summed E-state index contributed by atoms with van der Waals surface area (Å²) >= 11 is 12.1. The lowest BCUT2D eigenvalue weighted by molar-refractivity contribution is 0.256. The van der Waals surface area contributed by atoms with Crippen LogP contribution in [0.2, 0.25) is 10.0 Å². The van der Waals surface area contributed by atoms with E-state index in [9.17, 15) is 4.79 Å². The molecule has 0 saturated carbocycles. The third kappa shape index (κ3) is 6.48. The number of nitrogens with zero attached hydrogens (tertiary/aromatic N) is 3. The van der Waals surface area contributed by atoms with Crippen LogP contribution in [0.25, 0.3) is 11.1 Å². The maximum atomic E-state index is 13.1. The molecule has 3 aromatic carbocycles. The maximum Gasteiger partial charge on any atom is 0.326 e. The Balaban J connectivity index is 1.83. The van der Waals surface area contributed by atoms with Crippen LogP contribution in [-0.2, 0) is 0 Å². The van der Waals surface area contributed by atoms with Gasteiger partial charge < -0.3 is 10.2 Å². The number of rotatable bonds is 7. The van der Waals surface area contributed by atoms with Crippen molar-refractivity contribution in [1.82, 2.24) is 4.90 Å². The highest BCUT2D eigenvalue weighted by molar-refractivity contribution is 6.35. The van der Waals surface area contributed by atoms with Crippen LogP contribution in [0.15, 0.2) is 66.7 Å². The van der Waals surface area contributed by atoms with Crippen LogP contribution in [0.1, 0.15) is 12.0 Å². The number of carbonyl (C=O) groups is 1. The van der Waals surface area contributed by atoms with Crippen LogP contribution in [0, 0.1) is 11.3 Å². The third-order valence-corrected chi connectivity index (χ3v) is 5.29. The van der Waals surface area contributed by atoms with Gasteiger partial charge in [-0.2, -0.15) is 5.26 Å². The first-order valence-electron chi connectivity index (χ1n) is 10.2. The molecule has 0 aliphatic heterocycles. The van der Waals surface area contributed by atoms with Crippen LogP contribution in [0.5, 0.6) is 0 Å². The molecule has 1 N–H and O–H groups in total. The van der Waals surface area contributed by atoms with Crippen molar-refractivity contribution < 1.29 is 4.79 Å². The fourth-order valence-corrected chi connectivity index (χ4v) is 3.84. The SMILES string of the molecule is CN(C)CCCN(C(=O)Nc1cc(Cl)cc(Cl)c1)c1ccc(-c2cccc(C#N)c2)cc1. The summed E-state index contributed by atoms with van der Waals surface area (Å²) in [4.78, 5) is 16.9. The molecule has 0 radical (unpaired) electrons. The molecule has 2 amide bonds. The highest BCUT2D eigenvalue weighted by Crippen LogP contribution is 2.26. The molecule has 0 heterocycles. The quantitative estimate of drug-likeness (QED) is 0.430. The van der Waals surface area contributed by atoms with E-state index in [0.717, 1.165) is 29.8 Å². The second-order valence-electron chi connectivity index (χ2n) is 7.64. The Kier molecular flexibility index (Phi) is 8.13. The van der Waals surface area contributed by atoms with Gasteiger partial charge in [0.15, 0.2) is 0 Å². The standard InChI is InChI=1S/C25H24Cl2N4O/c1-30(2)11-4-12-31(25(32)29-23-15-21(26)14-22(27)16-23)24-9-7-19(8-10-24)20-6-3-5-18(13-20)17-28/h3,5-10,13-16H,4,11-12H2,1-2H3,(H,29,32). The molecule has 0 spiro atoms. The highest BCUT2D eigenvalue weighted by Gasteiger charge is 2.17. The summed E-state index contributed by atoms with van der Waals surface area (Å²) in [6, 6.07) is 22.0. The Morgan fingerprint density at radius 1 is 0.938 bits per heavy atom. The predicted molar refractivity (Wildman–Crippen MR) is 133 cm³/mol. The van der Waals surface area contributed by atoms with Gasteiger partial charge in [0.05, 0.1) is 11.6 Å². The molecule has 0 bridgehead atoms. The van der Waals surface area contributed by atoms with Crippen LogP contribution < -0.4 is 10.2 Å². The average molecular weight is 467 g/mol. The number of benzene rings is 3. The summed E-state index contributed by atoms with van der Waals surface area (Å²) in [6.45, 7) is 1.40. The molecule has 0 aliphatic carbocycles. The molecule has 5 nitrogen and oxygen atoms in total. The number of halogens is 2. The Morgan fingerprint density at radius 2 is 1.62 bits per heavy atom. The molecule has 0 fully saturated rings. The van der Waals surface area contributed by atoms with Gasteiger partial charge in [-0.15, -0.1) is 0 Å². The van der Waals surface area contributed by atoms with Crippen molar-refractivity contribution in [2.45, 2.75) is 6.42 Å². The lowest BCUT2D eigenvalue weighted by atomic mass is 10.0. The Bertz CT molecular complexity index is 1100. The van der Waals surface area contributed by atoms with Crippen molar-refractivity contribution in [3.8, 4) is 17.2 Å². The predicted octanol–water partition coefficient (Wildman–Crippen LogP) is 6.52. The normalized spacial score (nSPS) is 10.6. The Hall–Kier alpha value is -3.04. The second kappa shape index (κ2) is 11.0. The van der Waals surface area contributed by atoms with E-state index < -0.39 is 0 Å². The number of nitrogens with one attached hydrogen (secondary N) is 1. The lowest BCUT2D eigenvalue weighted by Gasteiger charge is -2.24. The zero-order valence-corrected chi connectivity index (χ0v) is 19.5. The number of urea groups is 1. The third-order valence-electron chi connectivity index (χ3n) is 4.85. The van der Waals surface area contributed by atoms with E-state index in [1.165, 1.54) is 0 Å². The highest BCUT2D eigenvalue weighted by atomic mass is 35.5. The van der Waals surface area contributed by atoms with Crippen molar-refractivity contribution in [2.24, 2.45) is 0 Å². The van der Waals surface area contributed by atoms with Crippen molar-refractivity contribution >= 4 is 40.6 Å². The zero-order valence-electron chi connectivity index (χ0n) is 18.0. The van der Waals surface area contributed by atoms with E-state index in [4.69, 9.17) is 28.5 Å². The summed E-state index contributed by atoms with van der Waals surface area (Å²) in [6.07, 6.45) is 0.808. The zero-order chi connectivity index (χ0) is 23.1. The first-order chi connectivity index (χ1) is 15.4. The minimum Gasteiger partial charge on any atom is -0.309 e. The van der Waals surface area contributed by atoms with E-state index in [1.54, 1.807) is 29.2 Å². The molecule has 0 aliphatic rings. The summed E-state index contributed by atoms with van der Waals surface area (Å²) in [5, 5.41) is 12.9. The number of anilines is 2. The van der Waals surface area contributed by atoms with Gasteiger partial charge in [0.25, 0.3) is 0 Å². The second-order valence-corrected chi connectivity index (χ2v) is 8.51. The van der Waals surface area contributed by atoms with Crippen molar-refractivity contribution in [1.29, 1.82) is 5.26 Å². The first-order valence-corrected chi connectivity index (χ1v) is 10.9. The van der Waals surface area contributed by atoms with E-state index in [-0.39, 0.29) is 6.03 Å². The topological polar surface area (TPSA) is 59.4 Å².